The lowest BCUT2D eigenvalue weighted by Crippen LogP contribution is -2.29. The first-order chi connectivity index (χ1) is 26.3. The van der Waals surface area contributed by atoms with Gasteiger partial charge in [-0.05, 0) is 89.9 Å². The Morgan fingerprint density at radius 3 is 1.30 bits per heavy atom. The SMILES string of the molecule is CC/C=C\C/C=C\C/C=C\C/C=C\C/C=C\CCCC(=O)OC(COC(=O)CCCCCCCC/C=C\C/C=C\C/C=C\C/C=C\CC)COP(=O)(O)O. The van der Waals surface area contributed by atoms with Gasteiger partial charge >= 0.3 is 19.8 Å². The quantitative estimate of drug-likeness (QED) is 0.0283. The van der Waals surface area contributed by atoms with Gasteiger partial charge in [-0.15, -0.1) is 0 Å². The van der Waals surface area contributed by atoms with Crippen molar-refractivity contribution in [2.75, 3.05) is 13.2 Å². The molecule has 0 aliphatic heterocycles. The van der Waals surface area contributed by atoms with Gasteiger partial charge in [0.05, 0.1) is 6.61 Å². The number of hydrogen-bond acceptors (Lipinski definition) is 6. The molecule has 304 valence electrons. The molecule has 0 aromatic carbocycles. The highest BCUT2D eigenvalue weighted by Gasteiger charge is 2.22. The molecule has 0 aliphatic carbocycles. The minimum Gasteiger partial charge on any atom is -0.462 e. The molecular formula is C45H71O8P. The molecule has 1 unspecified atom stereocenters. The maximum absolute atomic E-state index is 12.4. The summed E-state index contributed by atoms with van der Waals surface area (Å²) in [5.41, 5.74) is 0. The highest BCUT2D eigenvalue weighted by Crippen LogP contribution is 2.36. The molecule has 2 N–H and O–H groups in total. The lowest BCUT2D eigenvalue weighted by atomic mass is 10.1. The van der Waals surface area contributed by atoms with Crippen molar-refractivity contribution in [3.63, 3.8) is 0 Å². The average molecular weight is 771 g/mol. The van der Waals surface area contributed by atoms with Gasteiger partial charge in [0, 0.05) is 12.8 Å². The van der Waals surface area contributed by atoms with Crippen LogP contribution in [0.5, 0.6) is 0 Å². The fourth-order valence-corrected chi connectivity index (χ4v) is 5.23. The van der Waals surface area contributed by atoms with Crippen molar-refractivity contribution in [1.82, 2.24) is 0 Å². The van der Waals surface area contributed by atoms with E-state index in [0.29, 0.717) is 19.3 Å². The van der Waals surface area contributed by atoms with Crippen molar-refractivity contribution in [3.8, 4) is 0 Å². The van der Waals surface area contributed by atoms with Crippen molar-refractivity contribution in [2.24, 2.45) is 0 Å². The van der Waals surface area contributed by atoms with Gasteiger partial charge in [0.1, 0.15) is 6.61 Å². The van der Waals surface area contributed by atoms with Crippen LogP contribution >= 0.6 is 7.82 Å². The zero-order valence-electron chi connectivity index (χ0n) is 33.3. The van der Waals surface area contributed by atoms with E-state index in [9.17, 15) is 14.2 Å². The molecule has 0 aromatic rings. The molecule has 0 aliphatic rings. The summed E-state index contributed by atoms with van der Waals surface area (Å²) in [4.78, 5) is 42.8. The van der Waals surface area contributed by atoms with Crippen LogP contribution < -0.4 is 0 Å². The smallest absolute Gasteiger partial charge is 0.462 e. The van der Waals surface area contributed by atoms with Gasteiger partial charge in [-0.1, -0.05) is 149 Å². The number of carbonyl (C=O) groups is 2. The van der Waals surface area contributed by atoms with Crippen LogP contribution in [0.3, 0.4) is 0 Å². The number of phosphoric acid groups is 1. The number of allylic oxidation sites excluding steroid dienone is 18. The van der Waals surface area contributed by atoms with Gasteiger partial charge in [-0.2, -0.15) is 0 Å². The summed E-state index contributed by atoms with van der Waals surface area (Å²) in [6.45, 7) is 3.38. The molecule has 0 radical (unpaired) electrons. The summed E-state index contributed by atoms with van der Waals surface area (Å²) in [5.74, 6) is -0.982. The van der Waals surface area contributed by atoms with Gasteiger partial charge in [0.2, 0.25) is 0 Å². The average Bonchev–Trinajstić information content (AvgIpc) is 3.14. The molecule has 0 saturated carbocycles. The van der Waals surface area contributed by atoms with Crippen LogP contribution in [-0.2, 0) is 28.2 Å². The van der Waals surface area contributed by atoms with Crippen LogP contribution in [0.2, 0.25) is 0 Å². The maximum Gasteiger partial charge on any atom is 0.469 e. The van der Waals surface area contributed by atoms with Crippen LogP contribution in [0.25, 0.3) is 0 Å². The molecule has 0 fully saturated rings. The topological polar surface area (TPSA) is 119 Å². The third-order valence-corrected chi connectivity index (χ3v) is 8.27. The molecule has 1 atom stereocenters. The van der Waals surface area contributed by atoms with Crippen molar-refractivity contribution >= 4 is 19.8 Å². The lowest BCUT2D eigenvalue weighted by Gasteiger charge is -2.18. The fraction of sp³-hybridized carbons (Fsp3) is 0.556. The van der Waals surface area contributed by atoms with Gasteiger partial charge in [-0.25, -0.2) is 4.57 Å². The van der Waals surface area contributed by atoms with Crippen LogP contribution in [0, 0.1) is 0 Å². The Hall–Kier alpha value is -3.29. The zero-order chi connectivity index (χ0) is 39.6. The van der Waals surface area contributed by atoms with E-state index in [4.69, 9.17) is 19.3 Å². The number of rotatable bonds is 35. The minimum absolute atomic E-state index is 0.123. The Labute approximate surface area is 327 Å². The Balaban J connectivity index is 4.09. The molecule has 54 heavy (non-hydrogen) atoms. The highest BCUT2D eigenvalue weighted by molar-refractivity contribution is 7.46. The molecule has 8 nitrogen and oxygen atoms in total. The second-order valence-electron chi connectivity index (χ2n) is 12.8. The van der Waals surface area contributed by atoms with E-state index in [1.165, 1.54) is 0 Å². The molecule has 0 aromatic heterocycles. The van der Waals surface area contributed by atoms with E-state index < -0.39 is 32.5 Å². The number of esters is 2. The zero-order valence-corrected chi connectivity index (χ0v) is 34.2. The Kier molecular flexibility index (Phi) is 37.0. The van der Waals surface area contributed by atoms with Crippen molar-refractivity contribution in [1.29, 1.82) is 0 Å². The summed E-state index contributed by atoms with van der Waals surface area (Å²) >= 11 is 0. The Morgan fingerprint density at radius 1 is 0.481 bits per heavy atom. The number of carbonyl (C=O) groups excluding carboxylic acids is 2. The van der Waals surface area contributed by atoms with Crippen LogP contribution in [-0.4, -0.2) is 41.0 Å². The minimum atomic E-state index is -4.78. The first kappa shape index (κ1) is 50.7. The van der Waals surface area contributed by atoms with E-state index in [1.54, 1.807) is 0 Å². The summed E-state index contributed by atoms with van der Waals surface area (Å²) < 4.78 is 26.3. The number of hydrogen-bond donors (Lipinski definition) is 2. The van der Waals surface area contributed by atoms with E-state index in [-0.39, 0.29) is 19.4 Å². The summed E-state index contributed by atoms with van der Waals surface area (Å²) in [5, 5.41) is 0. The van der Waals surface area contributed by atoms with E-state index in [1.807, 2.05) is 12.2 Å². The second-order valence-corrected chi connectivity index (χ2v) is 14.1. The third-order valence-electron chi connectivity index (χ3n) is 7.79. The fourth-order valence-electron chi connectivity index (χ4n) is 4.87. The van der Waals surface area contributed by atoms with Gasteiger partial charge in [-0.3, -0.25) is 14.1 Å². The Morgan fingerprint density at radius 2 is 0.852 bits per heavy atom. The summed E-state index contributed by atoms with van der Waals surface area (Å²) in [6, 6.07) is 0. The maximum atomic E-state index is 12.4. The van der Waals surface area contributed by atoms with E-state index in [2.05, 4.69) is 116 Å². The van der Waals surface area contributed by atoms with Gasteiger partial charge in [0.15, 0.2) is 6.10 Å². The molecular weight excluding hydrogens is 699 g/mol. The van der Waals surface area contributed by atoms with E-state index in [0.717, 1.165) is 96.3 Å². The van der Waals surface area contributed by atoms with Gasteiger partial charge < -0.3 is 19.3 Å². The summed E-state index contributed by atoms with van der Waals surface area (Å²) in [7, 11) is -4.78. The molecule has 0 spiro atoms. The number of phosphoric ester groups is 1. The predicted molar refractivity (Wildman–Crippen MR) is 225 cm³/mol. The van der Waals surface area contributed by atoms with Crippen molar-refractivity contribution in [3.05, 3.63) is 109 Å². The molecule has 0 amide bonds. The highest BCUT2D eigenvalue weighted by atomic mass is 31.2. The monoisotopic (exact) mass is 770 g/mol. The predicted octanol–water partition coefficient (Wildman–Crippen LogP) is 12.4. The lowest BCUT2D eigenvalue weighted by molar-refractivity contribution is -0.161. The molecule has 0 heterocycles. The second kappa shape index (κ2) is 39.4. The standard InChI is InChI=1S/C45H71O8P/c1-3-5-7-9-11-13-15-17-19-21-22-24-25-27-29-31-33-35-37-39-44(46)51-41-43(42-52-54(48,49)50)53-45(47)40-38-36-34-32-30-28-26-23-20-18-16-14-12-10-8-6-4-2/h5-8,11-14,17-20,22,24,26,28,32,34,43H,3-4,9-10,15-16,21,23,25,27,29-31,33,35-42H2,1-2H3,(H2,48,49,50)/b7-5-,8-6-,13-11-,14-12-,19-17-,20-18-,24-22-,28-26-,34-32-. The molecule has 9 heteroatoms. The molecule has 0 rings (SSSR count). The Bertz CT molecular complexity index is 1230. The number of unbranched alkanes of at least 4 members (excludes halogenated alkanes) is 7. The number of ether oxygens (including phenoxy) is 2. The molecule has 0 saturated heterocycles. The van der Waals surface area contributed by atoms with E-state index >= 15 is 0 Å². The molecule has 0 bridgehead atoms. The van der Waals surface area contributed by atoms with Crippen LogP contribution in [0.15, 0.2) is 109 Å². The van der Waals surface area contributed by atoms with Crippen molar-refractivity contribution < 1.29 is 37.9 Å². The van der Waals surface area contributed by atoms with Gasteiger partial charge in [0.25, 0.3) is 0 Å². The first-order valence-corrected chi connectivity index (χ1v) is 21.7. The largest absolute Gasteiger partial charge is 0.469 e. The normalized spacial score (nSPS) is 13.6. The van der Waals surface area contributed by atoms with Crippen molar-refractivity contribution in [2.45, 2.75) is 148 Å². The van der Waals surface area contributed by atoms with Crippen LogP contribution in [0.1, 0.15) is 142 Å². The summed E-state index contributed by atoms with van der Waals surface area (Å²) in [6.07, 6.45) is 55.3. The first-order valence-electron chi connectivity index (χ1n) is 20.2. The third kappa shape index (κ3) is 41.5. The van der Waals surface area contributed by atoms with Crippen LogP contribution in [0.4, 0.5) is 0 Å².